The van der Waals surface area contributed by atoms with Crippen molar-refractivity contribution in [1.29, 1.82) is 0 Å². The minimum atomic E-state index is -5.38. The second-order valence-electron chi connectivity index (χ2n) is 12.3. The Labute approximate surface area is 337 Å². The molecule has 1 aliphatic heterocycles. The number of ether oxygens (including phenoxy) is 1. The maximum absolute atomic E-state index is 15.0. The molecule has 1 saturated carbocycles. The van der Waals surface area contributed by atoms with E-state index in [-0.39, 0.29) is 82.5 Å². The molecule has 2 aliphatic rings. The van der Waals surface area contributed by atoms with Crippen LogP contribution >= 0.6 is 7.82 Å². The molecule has 51 heavy (non-hydrogen) atoms. The van der Waals surface area contributed by atoms with Gasteiger partial charge in [0.25, 0.3) is 5.91 Å². The summed E-state index contributed by atoms with van der Waals surface area (Å²) in [5, 5.41) is 6.07. The van der Waals surface area contributed by atoms with Crippen LogP contribution in [0.4, 0.5) is 28.9 Å². The molecular weight excluding hydrogens is 715 g/mol. The molecule has 0 aromatic heterocycles. The van der Waals surface area contributed by atoms with Crippen molar-refractivity contribution in [3.8, 4) is 0 Å². The molecule has 0 unspecified atom stereocenters. The molecule has 1 heterocycles. The van der Waals surface area contributed by atoms with Gasteiger partial charge in [0.1, 0.15) is 5.82 Å². The zero-order chi connectivity index (χ0) is 35.3. The van der Waals surface area contributed by atoms with E-state index < -0.39 is 62.6 Å². The van der Waals surface area contributed by atoms with Crippen LogP contribution in [-0.4, -0.2) is 36.1 Å². The number of hydrogen-bond acceptors (Lipinski definition) is 8. The Kier molecular flexibility index (Phi) is 16.2. The van der Waals surface area contributed by atoms with Gasteiger partial charge in [-0.3, -0.25) is 9.59 Å². The van der Waals surface area contributed by atoms with Gasteiger partial charge < -0.3 is 39.1 Å². The fourth-order valence-electron chi connectivity index (χ4n) is 6.57. The van der Waals surface area contributed by atoms with Crippen LogP contribution in [0.3, 0.4) is 0 Å². The summed E-state index contributed by atoms with van der Waals surface area (Å²) in [5.41, 5.74) is 0.0846. The van der Waals surface area contributed by atoms with E-state index in [9.17, 15) is 37.1 Å². The van der Waals surface area contributed by atoms with Crippen LogP contribution in [0.2, 0.25) is 0 Å². The third-order valence-corrected chi connectivity index (χ3v) is 9.30. The SMILES string of the molecule is Cc1cccc(F)c1C(=O)N1CCC[C@H](C(=O)Nc2ccc(COCOP(=O)([O-])[O-])c(C(F)(F)F)c2)[C@@H]1c1ccc(NC2CCCC2)cc1.[Na+].[Na+]. The Balaban J connectivity index is 0.00000351. The Morgan fingerprint density at radius 1 is 0.961 bits per heavy atom. The molecule has 3 aromatic carbocycles. The third-order valence-electron chi connectivity index (χ3n) is 8.88. The van der Waals surface area contributed by atoms with Crippen LogP contribution in [0.15, 0.2) is 60.7 Å². The molecular formula is C34H36F4N3Na2O7P. The second kappa shape index (κ2) is 19.0. The molecule has 10 nitrogen and oxygen atoms in total. The molecule has 1 saturated heterocycles. The summed E-state index contributed by atoms with van der Waals surface area (Å²) in [6.45, 7) is 0.0528. The number of benzene rings is 3. The molecule has 0 radical (unpaired) electrons. The number of alkyl halides is 3. The number of amides is 2. The van der Waals surface area contributed by atoms with Crippen LogP contribution in [0.1, 0.15) is 77.2 Å². The number of rotatable bonds is 11. The molecule has 0 bridgehead atoms. The summed E-state index contributed by atoms with van der Waals surface area (Å²) in [4.78, 5) is 50.5. The van der Waals surface area contributed by atoms with Gasteiger partial charge in [-0.15, -0.1) is 0 Å². The molecule has 2 atom stereocenters. The quantitative estimate of drug-likeness (QED) is 0.0923. The topological polar surface area (TPSA) is 143 Å². The van der Waals surface area contributed by atoms with Crippen molar-refractivity contribution in [1.82, 2.24) is 4.90 Å². The largest absolute Gasteiger partial charge is 1.00 e. The minimum absolute atomic E-state index is 0. The van der Waals surface area contributed by atoms with Crippen LogP contribution in [-0.2, 0) is 31.4 Å². The van der Waals surface area contributed by atoms with E-state index in [4.69, 9.17) is 4.74 Å². The van der Waals surface area contributed by atoms with E-state index in [1.54, 1.807) is 25.1 Å². The number of halogens is 4. The average Bonchev–Trinajstić information content (AvgIpc) is 3.55. The van der Waals surface area contributed by atoms with E-state index in [0.29, 0.717) is 30.0 Å². The zero-order valence-corrected chi connectivity index (χ0v) is 33.5. The van der Waals surface area contributed by atoms with Crippen molar-refractivity contribution in [2.75, 3.05) is 24.0 Å². The van der Waals surface area contributed by atoms with Gasteiger partial charge >= 0.3 is 65.3 Å². The molecule has 2 amide bonds. The van der Waals surface area contributed by atoms with E-state index in [1.165, 1.54) is 23.1 Å². The van der Waals surface area contributed by atoms with E-state index >= 15 is 4.39 Å². The maximum Gasteiger partial charge on any atom is 1.00 e. The molecule has 2 N–H and O–H groups in total. The number of nitrogens with one attached hydrogen (secondary N) is 2. The number of hydrogen-bond donors (Lipinski definition) is 2. The number of carbonyl (C=O) groups is 2. The predicted octanol–water partition coefficient (Wildman–Crippen LogP) is 0.0670. The first-order chi connectivity index (χ1) is 23.2. The number of phosphoric ester groups is 1. The Morgan fingerprint density at radius 2 is 1.63 bits per heavy atom. The molecule has 3 aromatic rings. The number of aryl methyl sites for hydroxylation is 1. The van der Waals surface area contributed by atoms with Gasteiger partial charge in [-0.1, -0.05) is 43.2 Å². The van der Waals surface area contributed by atoms with Gasteiger partial charge in [-0.25, -0.2) is 4.39 Å². The summed E-state index contributed by atoms with van der Waals surface area (Å²) >= 11 is 0. The number of piperidine rings is 1. The second-order valence-corrected chi connectivity index (χ2v) is 13.4. The summed E-state index contributed by atoms with van der Waals surface area (Å²) in [6.07, 6.45) is 0.220. The van der Waals surface area contributed by atoms with Gasteiger partial charge in [-0.05, 0) is 79.6 Å². The third kappa shape index (κ3) is 11.6. The van der Waals surface area contributed by atoms with Crippen LogP contribution in [0.25, 0.3) is 0 Å². The van der Waals surface area contributed by atoms with Crippen molar-refractivity contribution >= 4 is 31.0 Å². The predicted molar refractivity (Wildman–Crippen MR) is 168 cm³/mol. The minimum Gasteiger partial charge on any atom is -0.790 e. The average molecular weight is 752 g/mol. The fraction of sp³-hybridized carbons (Fsp3) is 0.412. The van der Waals surface area contributed by atoms with Crippen LogP contribution in [0, 0.1) is 18.7 Å². The maximum atomic E-state index is 15.0. The number of nitrogens with zero attached hydrogens (tertiary/aromatic N) is 1. The van der Waals surface area contributed by atoms with Gasteiger partial charge in [0, 0.05) is 24.0 Å². The van der Waals surface area contributed by atoms with Crippen LogP contribution < -0.4 is 79.5 Å². The van der Waals surface area contributed by atoms with E-state index in [0.717, 1.165) is 43.5 Å². The van der Waals surface area contributed by atoms with Crippen molar-refractivity contribution in [3.63, 3.8) is 0 Å². The molecule has 0 spiro atoms. The van der Waals surface area contributed by atoms with E-state index in [1.807, 2.05) is 12.1 Å². The van der Waals surface area contributed by atoms with E-state index in [2.05, 4.69) is 15.2 Å². The molecule has 1 aliphatic carbocycles. The van der Waals surface area contributed by atoms with Gasteiger partial charge in [0.2, 0.25) is 5.91 Å². The monoisotopic (exact) mass is 751 g/mol. The smallest absolute Gasteiger partial charge is 0.790 e. The summed E-state index contributed by atoms with van der Waals surface area (Å²) < 4.78 is 76.3. The Morgan fingerprint density at radius 3 is 2.25 bits per heavy atom. The first kappa shape index (κ1) is 43.6. The number of carbonyl (C=O) groups excluding carboxylic acids is 2. The molecule has 5 rings (SSSR count). The zero-order valence-electron chi connectivity index (χ0n) is 28.6. The van der Waals surface area contributed by atoms with Crippen LogP contribution in [0.5, 0.6) is 0 Å². The summed E-state index contributed by atoms with van der Waals surface area (Å²) in [7, 11) is -5.38. The van der Waals surface area contributed by atoms with Crippen molar-refractivity contribution < 1.29 is 110 Å². The normalized spacial score (nSPS) is 18.1. The summed E-state index contributed by atoms with van der Waals surface area (Å²) in [6, 6.07) is 14.1. The van der Waals surface area contributed by atoms with Gasteiger partial charge in [-0.2, -0.15) is 13.2 Å². The standard InChI is InChI=1S/C34H38F4N3O7P.2Na/c1-21-6-4-10-29(35)30(21)33(43)41-17-5-9-27(31(41)22-11-14-25(15-12-22)39-24-7-2-3-8-24)32(42)40-26-16-13-23(28(18-26)34(36,37)38)19-47-20-48-49(44,45)46;;/h4,6,10-16,18,24,27,31,39H,2-3,5,7-9,17,19-20H2,1H3,(H,40,42)(H2,44,45,46);;/q;2*+1/p-2/t27-,31-;;/m0../s1. The number of phosphoric acid groups is 1. The molecule has 264 valence electrons. The van der Waals surface area contributed by atoms with Crippen molar-refractivity contribution in [2.24, 2.45) is 5.92 Å². The van der Waals surface area contributed by atoms with Crippen molar-refractivity contribution in [3.05, 3.63) is 94.3 Å². The van der Waals surface area contributed by atoms with Gasteiger partial charge in [0.15, 0.2) is 6.79 Å². The Bertz CT molecular complexity index is 1690. The Hall–Kier alpha value is -1.81. The molecule has 2 fully saturated rings. The fourth-order valence-corrected chi connectivity index (χ4v) is 6.78. The van der Waals surface area contributed by atoms with Crippen molar-refractivity contribution in [2.45, 2.75) is 70.3 Å². The summed E-state index contributed by atoms with van der Waals surface area (Å²) in [5.74, 6) is -2.82. The number of anilines is 2. The first-order valence-corrected chi connectivity index (χ1v) is 17.4. The van der Waals surface area contributed by atoms with Gasteiger partial charge in [0.05, 0.1) is 37.5 Å². The first-order valence-electron chi connectivity index (χ1n) is 15.9. The number of likely N-dealkylation sites (tertiary alicyclic amines) is 1. The molecule has 17 heteroatoms.